The third-order valence-electron chi connectivity index (χ3n) is 4.47. The van der Waals surface area contributed by atoms with Crippen molar-refractivity contribution in [3.8, 4) is 0 Å². The molecular formula is C18H28N6O9. The van der Waals surface area contributed by atoms with Gasteiger partial charge in [0, 0.05) is 24.7 Å². The number of aliphatic hydroxyl groups excluding tert-OH is 2. The molecule has 1 aromatic rings. The van der Waals surface area contributed by atoms with Gasteiger partial charge in [0.25, 0.3) is 0 Å². The van der Waals surface area contributed by atoms with Crippen molar-refractivity contribution in [3.05, 3.63) is 18.2 Å². The second kappa shape index (κ2) is 13.1. The van der Waals surface area contributed by atoms with Crippen LogP contribution in [-0.4, -0.2) is 96.9 Å². The standard InChI is InChI=1S/C18H28N6O9/c1-8(26)14(18(32)33)24-17(31)12(4-9-5-20-7-21-9)23-16(30)11(2-3-13(27)28)22-15(29)10(19)6-25/h5,7-8,10-12,14,25-26H,2-4,6,19H2,1H3,(H,20,21)(H,22,29)(H,23,30)(H,24,31)(H,27,28)(H,32,33). The second-order valence-corrected chi connectivity index (χ2v) is 7.19. The Morgan fingerprint density at radius 1 is 1.06 bits per heavy atom. The van der Waals surface area contributed by atoms with Gasteiger partial charge in [-0.25, -0.2) is 9.78 Å². The van der Waals surface area contributed by atoms with E-state index in [9.17, 15) is 34.2 Å². The predicted octanol–water partition coefficient (Wildman–Crippen LogP) is -3.94. The van der Waals surface area contributed by atoms with Gasteiger partial charge in [-0.2, -0.15) is 0 Å². The molecule has 0 saturated carbocycles. The molecule has 10 N–H and O–H groups in total. The second-order valence-electron chi connectivity index (χ2n) is 7.19. The summed E-state index contributed by atoms with van der Waals surface area (Å²) in [4.78, 5) is 66.3. The normalized spacial score (nSPS) is 15.4. The Bertz CT molecular complexity index is 829. The third-order valence-corrected chi connectivity index (χ3v) is 4.47. The van der Waals surface area contributed by atoms with Gasteiger partial charge in [0.2, 0.25) is 17.7 Å². The number of carboxylic acid groups (broad SMARTS) is 2. The van der Waals surface area contributed by atoms with E-state index in [-0.39, 0.29) is 12.8 Å². The van der Waals surface area contributed by atoms with Crippen LogP contribution in [0.25, 0.3) is 0 Å². The van der Waals surface area contributed by atoms with Crippen LogP contribution >= 0.6 is 0 Å². The molecule has 0 aliphatic rings. The summed E-state index contributed by atoms with van der Waals surface area (Å²) < 4.78 is 0. The summed E-state index contributed by atoms with van der Waals surface area (Å²) in [5.74, 6) is -5.58. The van der Waals surface area contributed by atoms with Crippen LogP contribution in [0.1, 0.15) is 25.5 Å². The van der Waals surface area contributed by atoms with E-state index in [4.69, 9.17) is 15.9 Å². The maximum atomic E-state index is 12.8. The number of aromatic nitrogens is 2. The zero-order valence-electron chi connectivity index (χ0n) is 17.7. The van der Waals surface area contributed by atoms with E-state index in [1.807, 2.05) is 0 Å². The van der Waals surface area contributed by atoms with E-state index in [2.05, 4.69) is 25.9 Å². The van der Waals surface area contributed by atoms with Crippen LogP contribution in [0, 0.1) is 0 Å². The molecule has 184 valence electrons. The maximum Gasteiger partial charge on any atom is 0.328 e. The highest BCUT2D eigenvalue weighted by atomic mass is 16.4. The Hall–Kier alpha value is -3.56. The van der Waals surface area contributed by atoms with Gasteiger partial charge in [-0.05, 0) is 13.3 Å². The summed E-state index contributed by atoms with van der Waals surface area (Å²) in [5.41, 5.74) is 5.80. The Labute approximate surface area is 187 Å². The minimum atomic E-state index is -1.66. The highest BCUT2D eigenvalue weighted by Gasteiger charge is 2.32. The van der Waals surface area contributed by atoms with E-state index >= 15 is 0 Å². The van der Waals surface area contributed by atoms with Crippen LogP contribution in [0.4, 0.5) is 0 Å². The number of carboxylic acids is 2. The summed E-state index contributed by atoms with van der Waals surface area (Å²) in [7, 11) is 0. The van der Waals surface area contributed by atoms with Crippen molar-refractivity contribution in [2.24, 2.45) is 5.73 Å². The summed E-state index contributed by atoms with van der Waals surface area (Å²) >= 11 is 0. The molecule has 1 rings (SSSR count). The molecule has 3 amide bonds. The number of nitrogens with zero attached hydrogens (tertiary/aromatic N) is 1. The number of carbonyl (C=O) groups excluding carboxylic acids is 3. The van der Waals surface area contributed by atoms with Crippen LogP contribution in [0.2, 0.25) is 0 Å². The molecule has 0 fully saturated rings. The molecule has 1 aromatic heterocycles. The topological polar surface area (TPSA) is 257 Å². The Morgan fingerprint density at radius 3 is 2.15 bits per heavy atom. The van der Waals surface area contributed by atoms with Gasteiger partial charge in [-0.15, -0.1) is 0 Å². The van der Waals surface area contributed by atoms with Crippen molar-refractivity contribution in [1.29, 1.82) is 0 Å². The number of aliphatic carboxylic acids is 2. The SMILES string of the molecule is CC(O)C(NC(=O)C(Cc1cnc[nH]1)NC(=O)C(CCC(=O)O)NC(=O)C(N)CO)C(=O)O. The zero-order valence-corrected chi connectivity index (χ0v) is 17.7. The number of rotatable bonds is 14. The molecule has 33 heavy (non-hydrogen) atoms. The van der Waals surface area contributed by atoms with Crippen molar-refractivity contribution in [3.63, 3.8) is 0 Å². The van der Waals surface area contributed by atoms with Crippen LogP contribution in [0.3, 0.4) is 0 Å². The van der Waals surface area contributed by atoms with Crippen LogP contribution < -0.4 is 21.7 Å². The molecule has 1 heterocycles. The van der Waals surface area contributed by atoms with Gasteiger partial charge in [-0.3, -0.25) is 19.2 Å². The fourth-order valence-electron chi connectivity index (χ4n) is 2.64. The third kappa shape index (κ3) is 9.22. The summed E-state index contributed by atoms with van der Waals surface area (Å²) in [5, 5.41) is 43.4. The van der Waals surface area contributed by atoms with Gasteiger partial charge < -0.3 is 47.1 Å². The van der Waals surface area contributed by atoms with Gasteiger partial charge in [0.1, 0.15) is 18.1 Å². The molecule has 0 saturated heterocycles. The van der Waals surface area contributed by atoms with E-state index in [0.717, 1.165) is 6.92 Å². The van der Waals surface area contributed by atoms with E-state index in [0.29, 0.717) is 5.69 Å². The number of hydrogen-bond acceptors (Lipinski definition) is 9. The molecule has 5 unspecified atom stereocenters. The number of imidazole rings is 1. The van der Waals surface area contributed by atoms with E-state index in [1.54, 1.807) is 0 Å². The van der Waals surface area contributed by atoms with E-state index in [1.165, 1.54) is 12.5 Å². The lowest BCUT2D eigenvalue weighted by molar-refractivity contribution is -0.145. The summed E-state index contributed by atoms with van der Waals surface area (Å²) in [6, 6.07) is -5.83. The summed E-state index contributed by atoms with van der Waals surface area (Å²) in [6.07, 6.45) is 0.202. The van der Waals surface area contributed by atoms with Gasteiger partial charge in [0.15, 0.2) is 6.04 Å². The highest BCUT2D eigenvalue weighted by molar-refractivity contribution is 5.94. The van der Waals surface area contributed by atoms with Gasteiger partial charge in [0.05, 0.1) is 19.0 Å². The number of aromatic amines is 1. The number of amides is 3. The number of hydrogen-bond donors (Lipinski definition) is 9. The fourth-order valence-corrected chi connectivity index (χ4v) is 2.64. The molecule has 0 aromatic carbocycles. The molecule has 5 atom stereocenters. The maximum absolute atomic E-state index is 12.8. The Kier molecular flexibility index (Phi) is 10.9. The largest absolute Gasteiger partial charge is 0.481 e. The highest BCUT2D eigenvalue weighted by Crippen LogP contribution is 2.05. The van der Waals surface area contributed by atoms with Crippen molar-refractivity contribution >= 4 is 29.7 Å². The fraction of sp³-hybridized carbons (Fsp3) is 0.556. The van der Waals surface area contributed by atoms with Gasteiger partial charge >= 0.3 is 11.9 Å². The molecule has 0 radical (unpaired) electrons. The molecule has 0 spiro atoms. The lowest BCUT2D eigenvalue weighted by atomic mass is 10.1. The van der Waals surface area contributed by atoms with Crippen molar-refractivity contribution in [1.82, 2.24) is 25.9 Å². The van der Waals surface area contributed by atoms with Crippen molar-refractivity contribution in [2.45, 2.75) is 56.5 Å². The minimum Gasteiger partial charge on any atom is -0.481 e. The quantitative estimate of drug-likeness (QED) is 0.126. The first kappa shape index (κ1) is 27.5. The average molecular weight is 472 g/mol. The van der Waals surface area contributed by atoms with Crippen molar-refractivity contribution in [2.75, 3.05) is 6.61 Å². The number of nitrogens with one attached hydrogen (secondary N) is 4. The van der Waals surface area contributed by atoms with Gasteiger partial charge in [-0.1, -0.05) is 0 Å². The molecule has 15 heteroatoms. The average Bonchev–Trinajstić information content (AvgIpc) is 3.25. The molecule has 0 aliphatic carbocycles. The predicted molar refractivity (Wildman–Crippen MR) is 109 cm³/mol. The number of aliphatic hydroxyl groups is 2. The first-order valence-corrected chi connectivity index (χ1v) is 9.83. The Morgan fingerprint density at radius 2 is 1.67 bits per heavy atom. The number of nitrogens with two attached hydrogens (primary N) is 1. The molecule has 15 nitrogen and oxygen atoms in total. The van der Waals surface area contributed by atoms with E-state index < -0.39 is 73.0 Å². The summed E-state index contributed by atoms with van der Waals surface area (Å²) in [6.45, 7) is 0.434. The first-order valence-electron chi connectivity index (χ1n) is 9.83. The Balaban J connectivity index is 3.07. The van der Waals surface area contributed by atoms with Crippen LogP contribution in [-0.2, 0) is 30.4 Å². The van der Waals surface area contributed by atoms with Crippen LogP contribution in [0.5, 0.6) is 0 Å². The zero-order chi connectivity index (χ0) is 25.1. The number of carbonyl (C=O) groups is 5. The molecule has 0 aliphatic heterocycles. The minimum absolute atomic E-state index is 0.167. The first-order chi connectivity index (χ1) is 15.5. The smallest absolute Gasteiger partial charge is 0.328 e. The number of H-pyrrole nitrogens is 1. The lowest BCUT2D eigenvalue weighted by Crippen LogP contribution is -2.59. The molecule has 0 bridgehead atoms. The monoisotopic (exact) mass is 472 g/mol. The molecular weight excluding hydrogens is 444 g/mol. The van der Waals surface area contributed by atoms with Crippen LogP contribution in [0.15, 0.2) is 12.5 Å². The lowest BCUT2D eigenvalue weighted by Gasteiger charge is -2.25. The van der Waals surface area contributed by atoms with Crippen molar-refractivity contribution < 1.29 is 44.4 Å².